The number of nitro groups is 1. The molecule has 0 saturated carbocycles. The molecule has 0 aliphatic carbocycles. The molecule has 2 aromatic rings. The number of ether oxygens (including phenoxy) is 1. The van der Waals surface area contributed by atoms with E-state index in [0.717, 1.165) is 17.7 Å². The largest absolute Gasteiger partial charge is 0.486 e. The Balaban J connectivity index is 2.22. The van der Waals surface area contributed by atoms with Crippen LogP contribution in [0.4, 0.5) is 14.5 Å². The lowest BCUT2D eigenvalue weighted by Gasteiger charge is -2.07. The third kappa shape index (κ3) is 2.85. The summed E-state index contributed by atoms with van der Waals surface area (Å²) < 4.78 is 31.9. The summed E-state index contributed by atoms with van der Waals surface area (Å²) in [6.45, 7) is 0.0422. The summed E-state index contributed by atoms with van der Waals surface area (Å²) in [5, 5.41) is 10.5. The Morgan fingerprint density at radius 2 is 1.79 bits per heavy atom. The molecule has 0 amide bonds. The van der Waals surface area contributed by atoms with E-state index in [9.17, 15) is 18.9 Å². The Morgan fingerprint density at radius 3 is 2.42 bits per heavy atom. The van der Waals surface area contributed by atoms with Gasteiger partial charge in [0, 0.05) is 0 Å². The SMILES string of the molecule is O=[N+]([O-])c1c(F)ccc(OCc2ccccc2)c1F. The van der Waals surface area contributed by atoms with Gasteiger partial charge in [-0.2, -0.15) is 8.78 Å². The first kappa shape index (κ1) is 12.9. The van der Waals surface area contributed by atoms with Crippen LogP contribution >= 0.6 is 0 Å². The molecule has 4 nitrogen and oxygen atoms in total. The van der Waals surface area contributed by atoms with Crippen molar-refractivity contribution in [3.8, 4) is 5.75 Å². The molecular formula is C13H9F2NO3. The van der Waals surface area contributed by atoms with Crippen molar-refractivity contribution in [3.05, 3.63) is 69.8 Å². The van der Waals surface area contributed by atoms with Crippen LogP contribution in [0, 0.1) is 21.7 Å². The van der Waals surface area contributed by atoms with E-state index < -0.39 is 22.2 Å². The fourth-order valence-electron chi connectivity index (χ4n) is 1.54. The Morgan fingerprint density at radius 1 is 1.11 bits per heavy atom. The lowest BCUT2D eigenvalue weighted by molar-refractivity contribution is -0.390. The highest BCUT2D eigenvalue weighted by molar-refractivity contribution is 5.42. The third-order valence-electron chi connectivity index (χ3n) is 2.45. The Labute approximate surface area is 107 Å². The molecule has 0 heterocycles. The van der Waals surface area contributed by atoms with Crippen LogP contribution in [0.5, 0.6) is 5.75 Å². The van der Waals surface area contributed by atoms with Crippen molar-refractivity contribution in [2.24, 2.45) is 0 Å². The van der Waals surface area contributed by atoms with E-state index in [4.69, 9.17) is 4.74 Å². The predicted octanol–water partition coefficient (Wildman–Crippen LogP) is 3.45. The van der Waals surface area contributed by atoms with Crippen molar-refractivity contribution in [2.75, 3.05) is 0 Å². The van der Waals surface area contributed by atoms with E-state index in [0.29, 0.717) is 0 Å². The second kappa shape index (κ2) is 5.43. The van der Waals surface area contributed by atoms with Gasteiger partial charge in [0.2, 0.25) is 11.6 Å². The Kier molecular flexibility index (Phi) is 3.70. The number of benzene rings is 2. The van der Waals surface area contributed by atoms with Gasteiger partial charge in [-0.1, -0.05) is 30.3 Å². The van der Waals surface area contributed by atoms with Crippen LogP contribution in [-0.2, 0) is 6.61 Å². The van der Waals surface area contributed by atoms with Gasteiger partial charge < -0.3 is 4.74 Å². The molecule has 0 aliphatic rings. The van der Waals surface area contributed by atoms with Crippen molar-refractivity contribution in [3.63, 3.8) is 0 Å². The van der Waals surface area contributed by atoms with Crippen LogP contribution < -0.4 is 4.74 Å². The maximum absolute atomic E-state index is 13.7. The number of hydrogen-bond donors (Lipinski definition) is 0. The highest BCUT2D eigenvalue weighted by Gasteiger charge is 2.24. The molecule has 0 aromatic heterocycles. The van der Waals surface area contributed by atoms with E-state index in [-0.39, 0.29) is 12.4 Å². The Hall–Kier alpha value is -2.50. The van der Waals surface area contributed by atoms with Crippen LogP contribution in [0.3, 0.4) is 0 Å². The average Bonchev–Trinajstić information content (AvgIpc) is 2.38. The van der Waals surface area contributed by atoms with Gasteiger partial charge in [-0.15, -0.1) is 0 Å². The number of halogens is 2. The summed E-state index contributed by atoms with van der Waals surface area (Å²) in [5.74, 6) is -2.88. The molecule has 0 fully saturated rings. The van der Waals surface area contributed by atoms with Crippen molar-refractivity contribution in [1.29, 1.82) is 0 Å². The standard InChI is InChI=1S/C13H9F2NO3/c14-10-6-7-11(12(15)13(10)16(17)18)19-8-9-4-2-1-3-5-9/h1-7H,8H2. The molecule has 2 rings (SSSR count). The zero-order valence-corrected chi connectivity index (χ0v) is 9.68. The number of nitro benzene ring substituents is 1. The van der Waals surface area contributed by atoms with Crippen molar-refractivity contribution < 1.29 is 18.4 Å². The maximum atomic E-state index is 13.7. The lowest BCUT2D eigenvalue weighted by Crippen LogP contribution is -2.02. The van der Waals surface area contributed by atoms with Crippen LogP contribution in [0.15, 0.2) is 42.5 Å². The Bertz CT molecular complexity index is 602. The monoisotopic (exact) mass is 265 g/mol. The molecule has 0 atom stereocenters. The minimum Gasteiger partial charge on any atom is -0.486 e. The molecule has 2 aromatic carbocycles. The van der Waals surface area contributed by atoms with E-state index in [1.807, 2.05) is 6.07 Å². The topological polar surface area (TPSA) is 52.4 Å². The normalized spacial score (nSPS) is 10.2. The van der Waals surface area contributed by atoms with Gasteiger partial charge in [0.25, 0.3) is 0 Å². The van der Waals surface area contributed by atoms with Gasteiger partial charge in [-0.3, -0.25) is 10.1 Å². The number of hydrogen-bond acceptors (Lipinski definition) is 3. The second-order valence-corrected chi connectivity index (χ2v) is 3.74. The summed E-state index contributed by atoms with van der Waals surface area (Å²) in [6, 6.07) is 10.7. The van der Waals surface area contributed by atoms with Gasteiger partial charge in [0.15, 0.2) is 5.75 Å². The molecule has 0 radical (unpaired) electrons. The molecule has 6 heteroatoms. The predicted molar refractivity (Wildman–Crippen MR) is 63.8 cm³/mol. The highest BCUT2D eigenvalue weighted by atomic mass is 19.1. The van der Waals surface area contributed by atoms with Gasteiger partial charge >= 0.3 is 5.69 Å². The summed E-state index contributed by atoms with van der Waals surface area (Å²) in [5.41, 5.74) is -0.431. The van der Waals surface area contributed by atoms with Crippen LogP contribution in [-0.4, -0.2) is 4.92 Å². The molecule has 0 N–H and O–H groups in total. The fraction of sp³-hybridized carbons (Fsp3) is 0.0769. The van der Waals surface area contributed by atoms with Crippen molar-refractivity contribution >= 4 is 5.69 Å². The van der Waals surface area contributed by atoms with E-state index in [1.165, 1.54) is 0 Å². The zero-order valence-electron chi connectivity index (χ0n) is 9.68. The van der Waals surface area contributed by atoms with Gasteiger partial charge in [-0.05, 0) is 17.7 Å². The third-order valence-corrected chi connectivity index (χ3v) is 2.45. The van der Waals surface area contributed by atoms with Crippen molar-refractivity contribution in [1.82, 2.24) is 0 Å². The van der Waals surface area contributed by atoms with Gasteiger partial charge in [-0.25, -0.2) is 0 Å². The first-order valence-corrected chi connectivity index (χ1v) is 5.38. The summed E-state index contributed by atoms with van der Waals surface area (Å²) >= 11 is 0. The zero-order chi connectivity index (χ0) is 13.8. The first-order chi connectivity index (χ1) is 9.09. The van der Waals surface area contributed by atoms with Crippen LogP contribution in [0.1, 0.15) is 5.56 Å². The molecule has 98 valence electrons. The minimum atomic E-state index is -1.30. The molecule has 0 unspecified atom stereocenters. The average molecular weight is 265 g/mol. The van der Waals surface area contributed by atoms with E-state index >= 15 is 0 Å². The lowest BCUT2D eigenvalue weighted by atomic mass is 10.2. The maximum Gasteiger partial charge on any atom is 0.343 e. The quantitative estimate of drug-likeness (QED) is 0.628. The number of rotatable bonds is 4. The molecular weight excluding hydrogens is 256 g/mol. The summed E-state index contributed by atoms with van der Waals surface area (Å²) in [7, 11) is 0. The first-order valence-electron chi connectivity index (χ1n) is 5.38. The minimum absolute atomic E-state index is 0.0422. The molecule has 19 heavy (non-hydrogen) atoms. The second-order valence-electron chi connectivity index (χ2n) is 3.74. The molecule has 0 spiro atoms. The highest BCUT2D eigenvalue weighted by Crippen LogP contribution is 2.29. The molecule has 0 saturated heterocycles. The van der Waals surface area contributed by atoms with Crippen LogP contribution in [0.25, 0.3) is 0 Å². The van der Waals surface area contributed by atoms with Crippen LogP contribution in [0.2, 0.25) is 0 Å². The van der Waals surface area contributed by atoms with E-state index in [2.05, 4.69) is 0 Å². The fourth-order valence-corrected chi connectivity index (χ4v) is 1.54. The summed E-state index contributed by atoms with van der Waals surface area (Å²) in [6.07, 6.45) is 0. The van der Waals surface area contributed by atoms with Gasteiger partial charge in [0.1, 0.15) is 6.61 Å². The van der Waals surface area contributed by atoms with E-state index in [1.54, 1.807) is 24.3 Å². The molecule has 0 aliphatic heterocycles. The van der Waals surface area contributed by atoms with Gasteiger partial charge in [0.05, 0.1) is 4.92 Å². The van der Waals surface area contributed by atoms with Crippen molar-refractivity contribution in [2.45, 2.75) is 6.61 Å². The summed E-state index contributed by atoms with van der Waals surface area (Å²) in [4.78, 5) is 9.43. The number of nitrogens with zero attached hydrogens (tertiary/aromatic N) is 1. The molecule has 0 bridgehead atoms. The smallest absolute Gasteiger partial charge is 0.343 e.